The lowest BCUT2D eigenvalue weighted by molar-refractivity contribution is 0.880. The van der Waals surface area contributed by atoms with Crippen LogP contribution in [0.2, 0.25) is 0 Å². The van der Waals surface area contributed by atoms with E-state index in [4.69, 9.17) is 5.73 Å². The molecule has 0 unspecified atom stereocenters. The molecule has 2 aromatic rings. The summed E-state index contributed by atoms with van der Waals surface area (Å²) in [7, 11) is 0. The lowest BCUT2D eigenvalue weighted by atomic mass is 10.2. The highest BCUT2D eigenvalue weighted by molar-refractivity contribution is 7.98. The maximum atomic E-state index is 5.53. The molecule has 0 saturated heterocycles. The summed E-state index contributed by atoms with van der Waals surface area (Å²) in [6.45, 7) is 6.03. The van der Waals surface area contributed by atoms with Crippen LogP contribution in [0.1, 0.15) is 22.6 Å². The van der Waals surface area contributed by atoms with Gasteiger partial charge in [0.05, 0.1) is 5.69 Å². The maximum Gasteiger partial charge on any atom is 0.220 e. The SMILES string of the molecule is Cc1nc(SCc2ccnc(N)n2)nc(C)c1C. The fourth-order valence-electron chi connectivity index (χ4n) is 1.44. The van der Waals surface area contributed by atoms with E-state index >= 15 is 0 Å². The molecule has 5 nitrogen and oxygen atoms in total. The predicted octanol–water partition coefficient (Wildman–Crippen LogP) is 2.07. The van der Waals surface area contributed by atoms with Gasteiger partial charge < -0.3 is 5.73 Å². The molecule has 2 heterocycles. The molecule has 0 aromatic carbocycles. The second-order valence-corrected chi connectivity index (χ2v) is 4.94. The first-order valence-corrected chi connectivity index (χ1v) is 6.57. The molecule has 0 spiro atoms. The third-order valence-electron chi connectivity index (χ3n) is 2.69. The molecule has 0 atom stereocenters. The van der Waals surface area contributed by atoms with Gasteiger partial charge in [-0.3, -0.25) is 0 Å². The van der Waals surface area contributed by atoms with Crippen LogP contribution in [0.3, 0.4) is 0 Å². The van der Waals surface area contributed by atoms with Gasteiger partial charge in [-0.2, -0.15) is 0 Å². The van der Waals surface area contributed by atoms with Crippen molar-refractivity contribution in [2.75, 3.05) is 5.73 Å². The van der Waals surface area contributed by atoms with E-state index in [1.165, 1.54) is 0 Å². The van der Waals surface area contributed by atoms with E-state index in [-0.39, 0.29) is 0 Å². The van der Waals surface area contributed by atoms with Crippen molar-refractivity contribution in [1.82, 2.24) is 19.9 Å². The highest BCUT2D eigenvalue weighted by Gasteiger charge is 2.06. The van der Waals surface area contributed by atoms with Gasteiger partial charge in [-0.25, -0.2) is 19.9 Å². The zero-order valence-electron chi connectivity index (χ0n) is 10.6. The first kappa shape index (κ1) is 12.8. The minimum atomic E-state index is 0.297. The second kappa shape index (κ2) is 5.30. The summed E-state index contributed by atoms with van der Waals surface area (Å²) in [6.07, 6.45) is 1.66. The summed E-state index contributed by atoms with van der Waals surface area (Å²) in [5.74, 6) is 0.986. The Morgan fingerprint density at radius 2 is 1.78 bits per heavy atom. The van der Waals surface area contributed by atoms with Gasteiger partial charge in [-0.05, 0) is 32.4 Å². The summed E-state index contributed by atoms with van der Waals surface area (Å²) in [5, 5.41) is 0.771. The Morgan fingerprint density at radius 3 is 2.39 bits per heavy atom. The fraction of sp³-hybridized carbons (Fsp3) is 0.333. The van der Waals surface area contributed by atoms with Crippen LogP contribution in [0, 0.1) is 20.8 Å². The van der Waals surface area contributed by atoms with Crippen LogP contribution >= 0.6 is 11.8 Å². The average Bonchev–Trinajstić information content (AvgIpc) is 2.33. The Kier molecular flexibility index (Phi) is 3.76. The van der Waals surface area contributed by atoms with Crippen molar-refractivity contribution >= 4 is 17.7 Å². The van der Waals surface area contributed by atoms with E-state index in [1.54, 1.807) is 18.0 Å². The zero-order chi connectivity index (χ0) is 13.1. The highest BCUT2D eigenvalue weighted by atomic mass is 32.2. The van der Waals surface area contributed by atoms with Gasteiger partial charge >= 0.3 is 0 Å². The van der Waals surface area contributed by atoms with Crippen molar-refractivity contribution in [2.24, 2.45) is 0 Å². The van der Waals surface area contributed by atoms with Crippen LogP contribution in [-0.2, 0) is 5.75 Å². The van der Waals surface area contributed by atoms with Gasteiger partial charge in [-0.15, -0.1) is 0 Å². The summed E-state index contributed by atoms with van der Waals surface area (Å²) in [6, 6.07) is 1.84. The number of rotatable bonds is 3. The van der Waals surface area contributed by atoms with Crippen molar-refractivity contribution in [2.45, 2.75) is 31.7 Å². The number of hydrogen-bond donors (Lipinski definition) is 1. The molecule has 0 aliphatic heterocycles. The van der Waals surface area contributed by atoms with E-state index in [9.17, 15) is 0 Å². The number of hydrogen-bond acceptors (Lipinski definition) is 6. The second-order valence-electron chi connectivity index (χ2n) is 4.00. The van der Waals surface area contributed by atoms with E-state index in [1.807, 2.05) is 26.8 Å². The Labute approximate surface area is 110 Å². The molecule has 94 valence electrons. The summed E-state index contributed by atoms with van der Waals surface area (Å²) >= 11 is 1.55. The van der Waals surface area contributed by atoms with Crippen LogP contribution < -0.4 is 5.73 Å². The molecule has 0 fully saturated rings. The fourth-order valence-corrected chi connectivity index (χ4v) is 2.28. The largest absolute Gasteiger partial charge is 0.368 e. The molecule has 0 bridgehead atoms. The third kappa shape index (κ3) is 2.95. The first-order chi connectivity index (χ1) is 8.56. The number of nitrogens with zero attached hydrogens (tertiary/aromatic N) is 4. The normalized spacial score (nSPS) is 10.6. The van der Waals surface area contributed by atoms with E-state index in [0.717, 1.165) is 27.8 Å². The summed E-state index contributed by atoms with van der Waals surface area (Å²) in [5.41, 5.74) is 9.60. The average molecular weight is 261 g/mol. The molecule has 0 amide bonds. The van der Waals surface area contributed by atoms with E-state index in [2.05, 4.69) is 19.9 Å². The smallest absolute Gasteiger partial charge is 0.220 e. The zero-order valence-corrected chi connectivity index (χ0v) is 11.5. The van der Waals surface area contributed by atoms with Crippen molar-refractivity contribution in [3.63, 3.8) is 0 Å². The minimum absolute atomic E-state index is 0.297. The number of thioether (sulfide) groups is 1. The monoisotopic (exact) mass is 261 g/mol. The predicted molar refractivity (Wildman–Crippen MR) is 72.2 cm³/mol. The number of aromatic nitrogens is 4. The maximum absolute atomic E-state index is 5.53. The van der Waals surface area contributed by atoms with Crippen LogP contribution in [0.15, 0.2) is 17.4 Å². The van der Waals surface area contributed by atoms with Crippen molar-refractivity contribution < 1.29 is 0 Å². The molecular weight excluding hydrogens is 246 g/mol. The van der Waals surface area contributed by atoms with Crippen LogP contribution in [0.4, 0.5) is 5.95 Å². The number of anilines is 1. The van der Waals surface area contributed by atoms with Gasteiger partial charge in [0, 0.05) is 23.3 Å². The lowest BCUT2D eigenvalue weighted by Crippen LogP contribution is -2.00. The topological polar surface area (TPSA) is 77.6 Å². The standard InChI is InChI=1S/C12H15N5S/c1-7-8(2)15-12(16-9(7)3)18-6-10-4-5-14-11(13)17-10/h4-5H,6H2,1-3H3,(H2,13,14,17). The van der Waals surface area contributed by atoms with Crippen molar-refractivity contribution in [3.8, 4) is 0 Å². The van der Waals surface area contributed by atoms with Gasteiger partial charge in [0.1, 0.15) is 0 Å². The van der Waals surface area contributed by atoms with Gasteiger partial charge in [-0.1, -0.05) is 11.8 Å². The first-order valence-electron chi connectivity index (χ1n) is 5.58. The molecule has 0 aliphatic carbocycles. The molecule has 0 aliphatic rings. The van der Waals surface area contributed by atoms with E-state index < -0.39 is 0 Å². The Hall–Kier alpha value is -1.69. The van der Waals surface area contributed by atoms with Gasteiger partial charge in [0.15, 0.2) is 5.16 Å². The van der Waals surface area contributed by atoms with Crippen LogP contribution in [0.25, 0.3) is 0 Å². The van der Waals surface area contributed by atoms with Crippen molar-refractivity contribution in [3.05, 3.63) is 34.9 Å². The minimum Gasteiger partial charge on any atom is -0.368 e. The number of nitrogen functional groups attached to an aromatic ring is 1. The Balaban J connectivity index is 2.11. The molecule has 2 rings (SSSR count). The number of aryl methyl sites for hydroxylation is 2. The molecule has 2 aromatic heterocycles. The molecule has 0 radical (unpaired) electrons. The quantitative estimate of drug-likeness (QED) is 0.673. The van der Waals surface area contributed by atoms with Crippen molar-refractivity contribution in [1.29, 1.82) is 0 Å². The molecule has 18 heavy (non-hydrogen) atoms. The highest BCUT2D eigenvalue weighted by Crippen LogP contribution is 2.20. The third-order valence-corrected chi connectivity index (χ3v) is 3.57. The van der Waals surface area contributed by atoms with Crippen LogP contribution in [-0.4, -0.2) is 19.9 Å². The summed E-state index contributed by atoms with van der Waals surface area (Å²) in [4.78, 5) is 16.9. The van der Waals surface area contributed by atoms with Gasteiger partial charge in [0.25, 0.3) is 0 Å². The molecule has 0 saturated carbocycles. The van der Waals surface area contributed by atoms with E-state index in [0.29, 0.717) is 11.7 Å². The van der Waals surface area contributed by atoms with Crippen LogP contribution in [0.5, 0.6) is 0 Å². The Bertz CT molecular complexity index is 547. The number of nitrogens with two attached hydrogens (primary N) is 1. The Morgan fingerprint density at radius 1 is 1.11 bits per heavy atom. The lowest BCUT2D eigenvalue weighted by Gasteiger charge is -2.06. The van der Waals surface area contributed by atoms with Gasteiger partial charge in [0.2, 0.25) is 5.95 Å². The molecule has 6 heteroatoms. The molecule has 2 N–H and O–H groups in total. The summed E-state index contributed by atoms with van der Waals surface area (Å²) < 4.78 is 0. The molecular formula is C12H15N5S.